The summed E-state index contributed by atoms with van der Waals surface area (Å²) in [7, 11) is 0. The van der Waals surface area contributed by atoms with Crippen molar-refractivity contribution in [3.8, 4) is 0 Å². The van der Waals surface area contributed by atoms with Crippen molar-refractivity contribution in [2.24, 2.45) is 0 Å². The lowest BCUT2D eigenvalue weighted by Crippen LogP contribution is -2.04. The lowest BCUT2D eigenvalue weighted by atomic mass is 10.0. The minimum Gasteiger partial charge on any atom is -0.461 e. The molecule has 0 aromatic heterocycles. The molecule has 4 nitrogen and oxygen atoms in total. The molecular weight excluding hydrogens is 304 g/mol. The van der Waals surface area contributed by atoms with Crippen molar-refractivity contribution in [2.75, 3.05) is 0 Å². The molecule has 0 saturated carbocycles. The minimum absolute atomic E-state index is 0.165. The molecule has 0 unspecified atom stereocenters. The van der Waals surface area contributed by atoms with Crippen LogP contribution in [0, 0.1) is 0 Å². The largest absolute Gasteiger partial charge is 0.461 e. The number of hydrogen-bond acceptors (Lipinski definition) is 4. The Bertz CT molecular complexity index is 645. The third kappa shape index (κ3) is 5.37. The van der Waals surface area contributed by atoms with Crippen LogP contribution in [0.15, 0.2) is 36.4 Å². The average Bonchev–Trinajstić information content (AvgIpc) is 2.58. The summed E-state index contributed by atoms with van der Waals surface area (Å²) in [4.78, 5) is 22.9. The molecule has 0 saturated heterocycles. The van der Waals surface area contributed by atoms with Gasteiger partial charge in [-0.1, -0.05) is 38.1 Å². The second-order valence-electron chi connectivity index (χ2n) is 5.84. The molecule has 2 aromatic rings. The fourth-order valence-corrected chi connectivity index (χ4v) is 2.40. The van der Waals surface area contributed by atoms with E-state index in [0.29, 0.717) is 26.1 Å². The van der Waals surface area contributed by atoms with Crippen molar-refractivity contribution in [1.82, 2.24) is 0 Å². The lowest BCUT2D eigenvalue weighted by Gasteiger charge is -2.08. The second kappa shape index (κ2) is 9.06. The van der Waals surface area contributed by atoms with E-state index in [4.69, 9.17) is 9.47 Å². The molecule has 0 amide bonds. The summed E-state index contributed by atoms with van der Waals surface area (Å²) in [5, 5.41) is 2.14. The Balaban J connectivity index is 2.00. The van der Waals surface area contributed by atoms with Crippen LogP contribution in [0.1, 0.15) is 50.7 Å². The standard InChI is InChI=1S/C20H24O4/c1-3-5-19(21)23-13-15-7-9-18-12-16(8-10-17(18)11-15)14-24-20(22)6-4-2/h7-12H,3-6,13-14H2,1-2H3. The number of hydrogen-bond donors (Lipinski definition) is 0. The van der Waals surface area contributed by atoms with Crippen molar-refractivity contribution in [3.63, 3.8) is 0 Å². The Labute approximate surface area is 142 Å². The Kier molecular flexibility index (Phi) is 6.79. The fraction of sp³-hybridized carbons (Fsp3) is 0.400. The number of carbonyl (C=O) groups excluding carboxylic acids is 2. The van der Waals surface area contributed by atoms with Crippen LogP contribution in [0.25, 0.3) is 10.8 Å². The van der Waals surface area contributed by atoms with Crippen LogP contribution >= 0.6 is 0 Å². The van der Waals surface area contributed by atoms with Crippen LogP contribution in [0.5, 0.6) is 0 Å². The van der Waals surface area contributed by atoms with Gasteiger partial charge in [0.2, 0.25) is 0 Å². The summed E-state index contributed by atoms with van der Waals surface area (Å²) in [6, 6.07) is 11.9. The zero-order valence-corrected chi connectivity index (χ0v) is 14.3. The first-order chi connectivity index (χ1) is 11.6. The molecule has 2 aromatic carbocycles. The summed E-state index contributed by atoms with van der Waals surface area (Å²) >= 11 is 0. The van der Waals surface area contributed by atoms with E-state index in [0.717, 1.165) is 34.7 Å². The molecule has 0 aliphatic rings. The van der Waals surface area contributed by atoms with Gasteiger partial charge in [0.05, 0.1) is 0 Å². The molecule has 0 aliphatic heterocycles. The molecule has 128 valence electrons. The smallest absolute Gasteiger partial charge is 0.306 e. The van der Waals surface area contributed by atoms with E-state index in [-0.39, 0.29) is 11.9 Å². The molecule has 0 N–H and O–H groups in total. The van der Waals surface area contributed by atoms with E-state index < -0.39 is 0 Å². The van der Waals surface area contributed by atoms with Crippen molar-refractivity contribution in [3.05, 3.63) is 47.5 Å². The van der Waals surface area contributed by atoms with Crippen LogP contribution in [0.3, 0.4) is 0 Å². The van der Waals surface area contributed by atoms with Gasteiger partial charge in [-0.15, -0.1) is 0 Å². The first-order valence-electron chi connectivity index (χ1n) is 8.45. The summed E-state index contributed by atoms with van der Waals surface area (Å²) in [5.41, 5.74) is 1.93. The second-order valence-corrected chi connectivity index (χ2v) is 5.84. The van der Waals surface area contributed by atoms with Gasteiger partial charge in [-0.3, -0.25) is 9.59 Å². The highest BCUT2D eigenvalue weighted by Crippen LogP contribution is 2.19. The van der Waals surface area contributed by atoms with Crippen LogP contribution in [-0.4, -0.2) is 11.9 Å². The maximum Gasteiger partial charge on any atom is 0.306 e. The predicted molar refractivity (Wildman–Crippen MR) is 93.4 cm³/mol. The Morgan fingerprint density at radius 2 is 1.17 bits per heavy atom. The molecule has 0 aliphatic carbocycles. The monoisotopic (exact) mass is 328 g/mol. The highest BCUT2D eigenvalue weighted by Gasteiger charge is 2.05. The molecule has 0 bridgehead atoms. The minimum atomic E-state index is -0.165. The number of fused-ring (bicyclic) bond motifs is 1. The van der Waals surface area contributed by atoms with E-state index in [1.807, 2.05) is 50.2 Å². The van der Waals surface area contributed by atoms with Crippen LogP contribution in [0.4, 0.5) is 0 Å². The first kappa shape index (κ1) is 18.0. The van der Waals surface area contributed by atoms with Crippen molar-refractivity contribution in [1.29, 1.82) is 0 Å². The summed E-state index contributed by atoms with van der Waals surface area (Å²) < 4.78 is 10.5. The Morgan fingerprint density at radius 3 is 1.54 bits per heavy atom. The first-order valence-corrected chi connectivity index (χ1v) is 8.45. The van der Waals surface area contributed by atoms with Gasteiger partial charge >= 0.3 is 11.9 Å². The van der Waals surface area contributed by atoms with Crippen molar-refractivity contribution in [2.45, 2.75) is 52.7 Å². The van der Waals surface area contributed by atoms with Crippen LogP contribution in [0.2, 0.25) is 0 Å². The number of ether oxygens (including phenoxy) is 2. The van der Waals surface area contributed by atoms with E-state index in [2.05, 4.69) is 0 Å². The SMILES string of the molecule is CCCC(=O)OCc1ccc2cc(COC(=O)CCC)ccc2c1. The van der Waals surface area contributed by atoms with Crippen molar-refractivity contribution < 1.29 is 19.1 Å². The number of rotatable bonds is 8. The molecule has 0 fully saturated rings. The molecule has 0 spiro atoms. The molecule has 0 heterocycles. The Hall–Kier alpha value is -2.36. The third-order valence-electron chi connectivity index (χ3n) is 3.68. The van der Waals surface area contributed by atoms with E-state index in [9.17, 15) is 9.59 Å². The maximum atomic E-state index is 11.4. The average molecular weight is 328 g/mol. The highest BCUT2D eigenvalue weighted by atomic mass is 16.5. The molecule has 24 heavy (non-hydrogen) atoms. The summed E-state index contributed by atoms with van der Waals surface area (Å²) in [6.45, 7) is 4.50. The zero-order chi connectivity index (χ0) is 17.4. The van der Waals surface area contributed by atoms with E-state index in [1.54, 1.807) is 0 Å². The molecule has 2 rings (SSSR count). The Morgan fingerprint density at radius 1 is 0.750 bits per heavy atom. The lowest BCUT2D eigenvalue weighted by molar-refractivity contribution is -0.145. The van der Waals surface area contributed by atoms with E-state index in [1.165, 1.54) is 0 Å². The van der Waals surface area contributed by atoms with Gasteiger partial charge in [-0.05, 0) is 46.9 Å². The molecular formula is C20H24O4. The molecule has 4 heteroatoms. The zero-order valence-electron chi connectivity index (χ0n) is 14.3. The van der Waals surface area contributed by atoms with E-state index >= 15 is 0 Å². The number of esters is 2. The van der Waals surface area contributed by atoms with Gasteiger partial charge in [-0.2, -0.15) is 0 Å². The number of carbonyl (C=O) groups is 2. The van der Waals surface area contributed by atoms with Gasteiger partial charge in [0.15, 0.2) is 0 Å². The van der Waals surface area contributed by atoms with Gasteiger partial charge in [0.1, 0.15) is 13.2 Å². The fourth-order valence-electron chi connectivity index (χ4n) is 2.40. The summed E-state index contributed by atoms with van der Waals surface area (Å²) in [5.74, 6) is -0.330. The number of benzene rings is 2. The topological polar surface area (TPSA) is 52.6 Å². The molecule has 0 radical (unpaired) electrons. The highest BCUT2D eigenvalue weighted by molar-refractivity contribution is 5.84. The predicted octanol–water partition coefficient (Wildman–Crippen LogP) is 4.53. The van der Waals surface area contributed by atoms with Crippen molar-refractivity contribution >= 4 is 22.7 Å². The van der Waals surface area contributed by atoms with Gasteiger partial charge in [0, 0.05) is 12.8 Å². The normalized spacial score (nSPS) is 10.6. The quantitative estimate of drug-likeness (QED) is 0.668. The van der Waals surface area contributed by atoms with Gasteiger partial charge < -0.3 is 9.47 Å². The third-order valence-corrected chi connectivity index (χ3v) is 3.68. The summed E-state index contributed by atoms with van der Waals surface area (Å²) in [6.07, 6.45) is 2.49. The van der Waals surface area contributed by atoms with Gasteiger partial charge in [-0.25, -0.2) is 0 Å². The maximum absolute atomic E-state index is 11.4. The van der Waals surface area contributed by atoms with Crippen LogP contribution in [-0.2, 0) is 32.3 Å². The van der Waals surface area contributed by atoms with Gasteiger partial charge in [0.25, 0.3) is 0 Å². The van der Waals surface area contributed by atoms with Crippen LogP contribution < -0.4 is 0 Å². The molecule has 0 atom stereocenters.